The van der Waals surface area contributed by atoms with Gasteiger partial charge in [0.15, 0.2) is 0 Å². The summed E-state index contributed by atoms with van der Waals surface area (Å²) in [5.74, 6) is 0. The SMILES string of the molecule is OCc1cn2ccccc2c1-c1ccccn1. The number of pyridine rings is 2. The number of fused-ring (bicyclic) bond motifs is 1. The molecule has 1 N–H and O–H groups in total. The maximum atomic E-state index is 9.44. The largest absolute Gasteiger partial charge is 0.392 e. The van der Waals surface area contributed by atoms with E-state index in [9.17, 15) is 5.11 Å². The highest BCUT2D eigenvalue weighted by molar-refractivity contribution is 5.82. The lowest BCUT2D eigenvalue weighted by Crippen LogP contribution is -1.87. The minimum atomic E-state index is 0.0214. The van der Waals surface area contributed by atoms with Crippen molar-refractivity contribution in [3.8, 4) is 11.3 Å². The van der Waals surface area contributed by atoms with E-state index in [0.717, 1.165) is 22.3 Å². The van der Waals surface area contributed by atoms with Crippen LogP contribution < -0.4 is 0 Å². The van der Waals surface area contributed by atoms with Gasteiger partial charge in [-0.3, -0.25) is 4.98 Å². The average molecular weight is 224 g/mol. The molecule has 0 radical (unpaired) electrons. The molecule has 0 fully saturated rings. The molecule has 84 valence electrons. The molecule has 0 saturated heterocycles. The lowest BCUT2D eigenvalue weighted by atomic mass is 10.1. The zero-order valence-corrected chi connectivity index (χ0v) is 9.24. The summed E-state index contributed by atoms with van der Waals surface area (Å²) in [5, 5.41) is 9.44. The first-order chi connectivity index (χ1) is 8.40. The fourth-order valence-electron chi connectivity index (χ4n) is 2.10. The van der Waals surface area contributed by atoms with Gasteiger partial charge in [-0.25, -0.2) is 0 Å². The number of aliphatic hydroxyl groups is 1. The van der Waals surface area contributed by atoms with Gasteiger partial charge in [0.1, 0.15) is 0 Å². The highest BCUT2D eigenvalue weighted by Crippen LogP contribution is 2.28. The Bertz CT molecular complexity index is 644. The maximum Gasteiger partial charge on any atom is 0.0727 e. The van der Waals surface area contributed by atoms with Crippen LogP contribution in [-0.2, 0) is 6.61 Å². The molecule has 3 heteroatoms. The van der Waals surface area contributed by atoms with Crippen LogP contribution in [0, 0.1) is 0 Å². The molecule has 0 atom stereocenters. The van der Waals surface area contributed by atoms with Gasteiger partial charge in [0.2, 0.25) is 0 Å². The molecule has 3 aromatic rings. The summed E-state index contributed by atoms with van der Waals surface area (Å²) in [5.41, 5.74) is 3.86. The lowest BCUT2D eigenvalue weighted by molar-refractivity contribution is 0.282. The fourth-order valence-corrected chi connectivity index (χ4v) is 2.10. The summed E-state index contributed by atoms with van der Waals surface area (Å²) < 4.78 is 2.01. The van der Waals surface area contributed by atoms with Crippen molar-refractivity contribution in [3.05, 3.63) is 60.6 Å². The zero-order chi connectivity index (χ0) is 11.7. The molecular weight excluding hydrogens is 212 g/mol. The molecule has 0 saturated carbocycles. The number of rotatable bonds is 2. The summed E-state index contributed by atoms with van der Waals surface area (Å²) >= 11 is 0. The van der Waals surface area contributed by atoms with Gasteiger partial charge in [0.25, 0.3) is 0 Å². The summed E-state index contributed by atoms with van der Waals surface area (Å²) in [7, 11) is 0. The normalized spacial score (nSPS) is 10.9. The van der Waals surface area contributed by atoms with E-state index in [-0.39, 0.29) is 6.61 Å². The summed E-state index contributed by atoms with van der Waals surface area (Å²) in [6, 6.07) is 11.8. The molecule has 0 bridgehead atoms. The molecule has 0 aliphatic carbocycles. The first-order valence-corrected chi connectivity index (χ1v) is 5.51. The Morgan fingerprint density at radius 1 is 1.12 bits per heavy atom. The Morgan fingerprint density at radius 2 is 2.00 bits per heavy atom. The molecule has 0 unspecified atom stereocenters. The molecule has 0 spiro atoms. The molecule has 3 nitrogen and oxygen atoms in total. The molecular formula is C14H12N2O. The topological polar surface area (TPSA) is 37.5 Å². The van der Waals surface area contributed by atoms with E-state index < -0.39 is 0 Å². The van der Waals surface area contributed by atoms with E-state index in [0.29, 0.717) is 0 Å². The van der Waals surface area contributed by atoms with E-state index in [4.69, 9.17) is 0 Å². The van der Waals surface area contributed by atoms with Gasteiger partial charge in [0.05, 0.1) is 17.8 Å². The van der Waals surface area contributed by atoms with Crippen molar-refractivity contribution in [1.82, 2.24) is 9.38 Å². The highest BCUT2D eigenvalue weighted by atomic mass is 16.3. The van der Waals surface area contributed by atoms with Crippen LogP contribution in [0.4, 0.5) is 0 Å². The van der Waals surface area contributed by atoms with Crippen molar-refractivity contribution in [3.63, 3.8) is 0 Å². The predicted octanol–water partition coefficient (Wildman–Crippen LogP) is 2.49. The number of aliphatic hydroxyl groups excluding tert-OH is 1. The van der Waals surface area contributed by atoms with Crippen molar-refractivity contribution in [1.29, 1.82) is 0 Å². The Kier molecular flexibility index (Phi) is 2.38. The highest BCUT2D eigenvalue weighted by Gasteiger charge is 2.11. The molecule has 3 aromatic heterocycles. The third-order valence-electron chi connectivity index (χ3n) is 2.85. The third-order valence-corrected chi connectivity index (χ3v) is 2.85. The molecule has 0 aliphatic heterocycles. The number of hydrogen-bond acceptors (Lipinski definition) is 2. The van der Waals surface area contributed by atoms with E-state index >= 15 is 0 Å². The van der Waals surface area contributed by atoms with E-state index in [1.165, 1.54) is 0 Å². The Hall–Kier alpha value is -2.13. The minimum absolute atomic E-state index is 0.0214. The molecule has 0 amide bonds. The van der Waals surface area contributed by atoms with Crippen LogP contribution in [0.1, 0.15) is 5.56 Å². The molecule has 3 rings (SSSR count). The van der Waals surface area contributed by atoms with Gasteiger partial charge >= 0.3 is 0 Å². The smallest absolute Gasteiger partial charge is 0.0727 e. The average Bonchev–Trinajstić information content (AvgIpc) is 2.78. The van der Waals surface area contributed by atoms with Gasteiger partial charge in [0, 0.05) is 29.7 Å². The van der Waals surface area contributed by atoms with Crippen LogP contribution in [0.5, 0.6) is 0 Å². The van der Waals surface area contributed by atoms with Gasteiger partial charge in [-0.05, 0) is 24.3 Å². The van der Waals surface area contributed by atoms with E-state index in [2.05, 4.69) is 4.98 Å². The minimum Gasteiger partial charge on any atom is -0.392 e. The Labute approximate surface area is 99.0 Å². The number of nitrogens with zero attached hydrogens (tertiary/aromatic N) is 2. The van der Waals surface area contributed by atoms with Crippen molar-refractivity contribution in [2.45, 2.75) is 6.61 Å². The van der Waals surface area contributed by atoms with Crippen LogP contribution in [-0.4, -0.2) is 14.5 Å². The summed E-state index contributed by atoms with van der Waals surface area (Å²) in [4.78, 5) is 4.36. The first-order valence-electron chi connectivity index (χ1n) is 5.51. The quantitative estimate of drug-likeness (QED) is 0.726. The first kappa shape index (κ1) is 10.1. The van der Waals surface area contributed by atoms with Crippen molar-refractivity contribution < 1.29 is 5.11 Å². The van der Waals surface area contributed by atoms with Crippen molar-refractivity contribution >= 4 is 5.52 Å². The maximum absolute atomic E-state index is 9.44. The molecule has 3 heterocycles. The van der Waals surface area contributed by atoms with Crippen LogP contribution in [0.3, 0.4) is 0 Å². The van der Waals surface area contributed by atoms with E-state index in [1.807, 2.05) is 53.2 Å². The standard InChI is InChI=1S/C14H12N2O/c17-10-11-9-16-8-4-2-6-13(16)14(11)12-5-1-3-7-15-12/h1-9,17H,10H2. The van der Waals surface area contributed by atoms with Crippen molar-refractivity contribution in [2.24, 2.45) is 0 Å². The number of aromatic nitrogens is 2. The Balaban J connectivity index is 2.34. The van der Waals surface area contributed by atoms with Gasteiger partial charge < -0.3 is 9.51 Å². The second kappa shape index (κ2) is 4.03. The molecule has 0 aliphatic rings. The second-order valence-corrected chi connectivity index (χ2v) is 3.90. The van der Waals surface area contributed by atoms with Gasteiger partial charge in [-0.2, -0.15) is 0 Å². The fraction of sp³-hybridized carbons (Fsp3) is 0.0714. The summed E-state index contributed by atoms with van der Waals surface area (Å²) in [6.45, 7) is 0.0214. The summed E-state index contributed by atoms with van der Waals surface area (Å²) in [6.07, 6.45) is 5.68. The molecule has 0 aromatic carbocycles. The van der Waals surface area contributed by atoms with Gasteiger partial charge in [-0.15, -0.1) is 0 Å². The lowest BCUT2D eigenvalue weighted by Gasteiger charge is -2.01. The monoisotopic (exact) mass is 224 g/mol. The number of hydrogen-bond donors (Lipinski definition) is 1. The van der Waals surface area contributed by atoms with Gasteiger partial charge in [-0.1, -0.05) is 12.1 Å². The van der Waals surface area contributed by atoms with Crippen LogP contribution in [0.2, 0.25) is 0 Å². The molecule has 17 heavy (non-hydrogen) atoms. The van der Waals surface area contributed by atoms with Crippen LogP contribution in [0.25, 0.3) is 16.8 Å². The second-order valence-electron chi connectivity index (χ2n) is 3.90. The zero-order valence-electron chi connectivity index (χ0n) is 9.24. The van der Waals surface area contributed by atoms with Crippen molar-refractivity contribution in [2.75, 3.05) is 0 Å². The Morgan fingerprint density at radius 3 is 2.76 bits per heavy atom. The van der Waals surface area contributed by atoms with Crippen LogP contribution in [0.15, 0.2) is 55.0 Å². The third kappa shape index (κ3) is 1.61. The van der Waals surface area contributed by atoms with Crippen LogP contribution >= 0.6 is 0 Å². The van der Waals surface area contributed by atoms with E-state index in [1.54, 1.807) is 6.20 Å². The predicted molar refractivity (Wildman–Crippen MR) is 66.6 cm³/mol.